The lowest BCUT2D eigenvalue weighted by Crippen LogP contribution is -2.39. The van der Waals surface area contributed by atoms with Gasteiger partial charge in [-0.25, -0.2) is 9.36 Å². The van der Waals surface area contributed by atoms with Crippen molar-refractivity contribution < 1.29 is 0 Å². The lowest BCUT2D eigenvalue weighted by Gasteiger charge is -2.15. The number of aromatic nitrogens is 2. The Balaban J connectivity index is 2.04. The Morgan fingerprint density at radius 1 is 0.750 bits per heavy atom. The number of rotatable bonds is 3. The van der Waals surface area contributed by atoms with Crippen LogP contribution in [0.2, 0.25) is 15.1 Å². The quantitative estimate of drug-likeness (QED) is 0.450. The normalized spacial score (nSPS) is 11.1. The third-order valence-electron chi connectivity index (χ3n) is 4.50. The summed E-state index contributed by atoms with van der Waals surface area (Å²) in [5.41, 5.74) is 0.754. The number of hydrogen-bond donors (Lipinski definition) is 0. The number of hydrogen-bond acceptors (Lipinski definition) is 2. The highest BCUT2D eigenvalue weighted by Crippen LogP contribution is 2.24. The molecule has 4 aromatic rings. The van der Waals surface area contributed by atoms with E-state index in [0.717, 1.165) is 10.1 Å². The zero-order valence-electron chi connectivity index (χ0n) is 14.4. The molecule has 28 heavy (non-hydrogen) atoms. The van der Waals surface area contributed by atoms with Crippen LogP contribution in [-0.2, 0) is 6.54 Å². The molecular formula is C21H13Cl3N2O2. The van der Waals surface area contributed by atoms with Crippen molar-refractivity contribution in [3.05, 3.63) is 108 Å². The molecule has 0 saturated carbocycles. The minimum absolute atomic E-state index is 0.223. The molecule has 0 aliphatic heterocycles. The van der Waals surface area contributed by atoms with Crippen LogP contribution in [0.3, 0.4) is 0 Å². The first kappa shape index (κ1) is 18.8. The average molecular weight is 432 g/mol. The molecule has 1 heterocycles. The molecule has 0 amide bonds. The van der Waals surface area contributed by atoms with E-state index in [2.05, 4.69) is 0 Å². The predicted molar refractivity (Wildman–Crippen MR) is 114 cm³/mol. The van der Waals surface area contributed by atoms with Crippen molar-refractivity contribution in [1.29, 1.82) is 0 Å². The van der Waals surface area contributed by atoms with Crippen LogP contribution in [0.15, 0.2) is 76.3 Å². The predicted octanol–water partition coefficient (Wildman–Crippen LogP) is 5.16. The number of fused-ring (bicyclic) bond motifs is 1. The van der Waals surface area contributed by atoms with E-state index in [9.17, 15) is 9.59 Å². The standard InChI is InChI=1S/C21H13Cl3N2O2/c22-16-7-3-1-5-13(16)12-25-19-8-4-2-6-15(19)20(27)26(21(25)28)14-9-10-17(23)18(24)11-14/h1-11H,12H2. The first-order chi connectivity index (χ1) is 13.5. The van der Waals surface area contributed by atoms with Gasteiger partial charge in [-0.2, -0.15) is 0 Å². The monoisotopic (exact) mass is 430 g/mol. The van der Waals surface area contributed by atoms with Gasteiger partial charge in [-0.05, 0) is 42.0 Å². The fraction of sp³-hybridized carbons (Fsp3) is 0.0476. The average Bonchev–Trinajstić information content (AvgIpc) is 2.69. The molecular weight excluding hydrogens is 419 g/mol. The van der Waals surface area contributed by atoms with E-state index in [0.29, 0.717) is 26.6 Å². The Labute approximate surface area is 175 Å². The van der Waals surface area contributed by atoms with Gasteiger partial charge in [0.2, 0.25) is 0 Å². The molecule has 0 radical (unpaired) electrons. The summed E-state index contributed by atoms with van der Waals surface area (Å²) < 4.78 is 2.63. The molecule has 0 aliphatic carbocycles. The maximum absolute atomic E-state index is 13.3. The van der Waals surface area contributed by atoms with Crippen molar-refractivity contribution in [2.75, 3.05) is 0 Å². The third kappa shape index (κ3) is 3.24. The highest BCUT2D eigenvalue weighted by Gasteiger charge is 2.16. The number of para-hydroxylation sites is 1. The maximum Gasteiger partial charge on any atom is 0.336 e. The van der Waals surface area contributed by atoms with Gasteiger partial charge in [0.25, 0.3) is 5.56 Å². The molecule has 0 N–H and O–H groups in total. The van der Waals surface area contributed by atoms with Crippen molar-refractivity contribution in [2.45, 2.75) is 6.54 Å². The first-order valence-electron chi connectivity index (χ1n) is 8.41. The number of nitrogens with zero attached hydrogens (tertiary/aromatic N) is 2. The molecule has 4 rings (SSSR count). The molecule has 0 atom stereocenters. The zero-order chi connectivity index (χ0) is 19.8. The summed E-state index contributed by atoms with van der Waals surface area (Å²) in [4.78, 5) is 26.4. The summed E-state index contributed by atoms with van der Waals surface area (Å²) in [6.07, 6.45) is 0. The van der Waals surface area contributed by atoms with Gasteiger partial charge in [0.15, 0.2) is 0 Å². The molecule has 3 aromatic carbocycles. The summed E-state index contributed by atoms with van der Waals surface area (Å²) in [5.74, 6) is 0. The van der Waals surface area contributed by atoms with E-state index in [-0.39, 0.29) is 11.6 Å². The summed E-state index contributed by atoms with van der Waals surface area (Å²) in [6, 6.07) is 18.9. The molecule has 0 saturated heterocycles. The second kappa shape index (κ2) is 7.47. The molecule has 140 valence electrons. The molecule has 0 bridgehead atoms. The van der Waals surface area contributed by atoms with Gasteiger partial charge in [0.05, 0.1) is 33.2 Å². The zero-order valence-corrected chi connectivity index (χ0v) is 16.7. The minimum Gasteiger partial charge on any atom is -0.288 e. The largest absolute Gasteiger partial charge is 0.336 e. The molecule has 0 aliphatic rings. The molecule has 0 unspecified atom stereocenters. The Morgan fingerprint density at radius 2 is 1.46 bits per heavy atom. The molecule has 1 aromatic heterocycles. The smallest absolute Gasteiger partial charge is 0.288 e. The van der Waals surface area contributed by atoms with Crippen molar-refractivity contribution in [3.63, 3.8) is 0 Å². The Hall–Kier alpha value is -2.53. The van der Waals surface area contributed by atoms with Crippen LogP contribution < -0.4 is 11.2 Å². The second-order valence-corrected chi connectivity index (χ2v) is 7.44. The van der Waals surface area contributed by atoms with Gasteiger partial charge < -0.3 is 0 Å². The second-order valence-electron chi connectivity index (χ2n) is 6.22. The first-order valence-corrected chi connectivity index (χ1v) is 9.54. The maximum atomic E-state index is 13.3. The Bertz CT molecular complexity index is 1330. The van der Waals surface area contributed by atoms with Crippen molar-refractivity contribution in [3.8, 4) is 5.69 Å². The van der Waals surface area contributed by atoms with Gasteiger partial charge >= 0.3 is 5.69 Å². The third-order valence-corrected chi connectivity index (χ3v) is 5.61. The number of benzene rings is 3. The molecule has 0 spiro atoms. The van der Waals surface area contributed by atoms with E-state index in [1.165, 1.54) is 10.6 Å². The summed E-state index contributed by atoms with van der Waals surface area (Å²) in [6.45, 7) is 0.223. The van der Waals surface area contributed by atoms with Crippen LogP contribution in [-0.4, -0.2) is 9.13 Å². The number of halogens is 3. The van der Waals surface area contributed by atoms with Gasteiger partial charge in [0, 0.05) is 5.02 Å². The van der Waals surface area contributed by atoms with E-state index in [1.54, 1.807) is 42.5 Å². The molecule has 4 nitrogen and oxygen atoms in total. The van der Waals surface area contributed by atoms with Gasteiger partial charge in [-0.15, -0.1) is 0 Å². The summed E-state index contributed by atoms with van der Waals surface area (Å²) in [5, 5.41) is 1.57. The van der Waals surface area contributed by atoms with Gasteiger partial charge in [-0.1, -0.05) is 65.1 Å². The Morgan fingerprint density at radius 3 is 2.21 bits per heavy atom. The van der Waals surface area contributed by atoms with Crippen LogP contribution in [0.25, 0.3) is 16.6 Å². The van der Waals surface area contributed by atoms with Crippen LogP contribution in [0.5, 0.6) is 0 Å². The summed E-state index contributed by atoms with van der Waals surface area (Å²) >= 11 is 18.4. The highest BCUT2D eigenvalue weighted by molar-refractivity contribution is 6.42. The van der Waals surface area contributed by atoms with E-state index in [1.807, 2.05) is 18.2 Å². The van der Waals surface area contributed by atoms with Crippen molar-refractivity contribution >= 4 is 45.7 Å². The van der Waals surface area contributed by atoms with Gasteiger partial charge in [-0.3, -0.25) is 9.36 Å². The summed E-state index contributed by atoms with van der Waals surface area (Å²) in [7, 11) is 0. The molecule has 7 heteroatoms. The minimum atomic E-state index is -0.484. The van der Waals surface area contributed by atoms with Crippen LogP contribution in [0.4, 0.5) is 0 Å². The van der Waals surface area contributed by atoms with E-state index in [4.69, 9.17) is 34.8 Å². The lowest BCUT2D eigenvalue weighted by molar-refractivity contribution is 0.715. The van der Waals surface area contributed by atoms with E-state index < -0.39 is 11.2 Å². The SMILES string of the molecule is O=c1c2ccccc2n(Cc2ccccc2Cl)c(=O)n1-c1ccc(Cl)c(Cl)c1. The van der Waals surface area contributed by atoms with Crippen LogP contribution in [0.1, 0.15) is 5.56 Å². The van der Waals surface area contributed by atoms with E-state index >= 15 is 0 Å². The fourth-order valence-electron chi connectivity index (χ4n) is 3.12. The Kier molecular flexibility index (Phi) is 5.02. The highest BCUT2D eigenvalue weighted by atomic mass is 35.5. The van der Waals surface area contributed by atoms with Crippen molar-refractivity contribution in [2.24, 2.45) is 0 Å². The van der Waals surface area contributed by atoms with Crippen molar-refractivity contribution in [1.82, 2.24) is 9.13 Å². The van der Waals surface area contributed by atoms with Crippen LogP contribution in [0, 0.1) is 0 Å². The molecule has 0 fully saturated rings. The lowest BCUT2D eigenvalue weighted by atomic mass is 10.2. The van der Waals surface area contributed by atoms with Gasteiger partial charge in [0.1, 0.15) is 0 Å². The topological polar surface area (TPSA) is 44.0 Å². The van der Waals surface area contributed by atoms with Crippen LogP contribution >= 0.6 is 34.8 Å². The fourth-order valence-corrected chi connectivity index (χ4v) is 3.61.